The lowest BCUT2D eigenvalue weighted by Gasteiger charge is -2.20. The van der Waals surface area contributed by atoms with Crippen molar-refractivity contribution in [2.45, 2.75) is 26.3 Å². The van der Waals surface area contributed by atoms with Crippen molar-refractivity contribution >= 4 is 11.6 Å². The van der Waals surface area contributed by atoms with E-state index >= 15 is 0 Å². The SMILES string of the molecule is CCNC(Cc1cccc(Cl)c1)c1cccc(C)c1F. The molecule has 0 aliphatic rings. The topological polar surface area (TPSA) is 12.0 Å². The smallest absolute Gasteiger partial charge is 0.130 e. The van der Waals surface area contributed by atoms with Gasteiger partial charge in [-0.3, -0.25) is 0 Å². The van der Waals surface area contributed by atoms with Crippen LogP contribution in [0, 0.1) is 12.7 Å². The highest BCUT2D eigenvalue weighted by molar-refractivity contribution is 6.30. The van der Waals surface area contributed by atoms with Crippen LogP contribution in [0.3, 0.4) is 0 Å². The molecule has 0 saturated heterocycles. The standard InChI is InChI=1S/C17H19ClFN/c1-3-20-16(11-13-7-5-8-14(18)10-13)15-9-4-6-12(2)17(15)19/h4-10,16,20H,3,11H2,1-2H3. The number of hydrogen-bond donors (Lipinski definition) is 1. The van der Waals surface area contributed by atoms with Crippen molar-refractivity contribution < 1.29 is 4.39 Å². The van der Waals surface area contributed by atoms with E-state index in [0.29, 0.717) is 16.1 Å². The van der Waals surface area contributed by atoms with Gasteiger partial charge in [0.05, 0.1) is 0 Å². The summed E-state index contributed by atoms with van der Waals surface area (Å²) in [6, 6.07) is 13.2. The summed E-state index contributed by atoms with van der Waals surface area (Å²) in [7, 11) is 0. The molecular weight excluding hydrogens is 273 g/mol. The normalized spacial score (nSPS) is 12.4. The zero-order chi connectivity index (χ0) is 14.5. The highest BCUT2D eigenvalue weighted by Crippen LogP contribution is 2.24. The van der Waals surface area contributed by atoms with Crippen LogP contribution in [-0.2, 0) is 6.42 Å². The van der Waals surface area contributed by atoms with E-state index in [0.717, 1.165) is 18.5 Å². The Balaban J connectivity index is 2.29. The van der Waals surface area contributed by atoms with Crippen molar-refractivity contribution in [1.82, 2.24) is 5.32 Å². The van der Waals surface area contributed by atoms with E-state index in [-0.39, 0.29) is 11.9 Å². The molecule has 106 valence electrons. The van der Waals surface area contributed by atoms with E-state index in [1.807, 2.05) is 43.3 Å². The third kappa shape index (κ3) is 3.59. The van der Waals surface area contributed by atoms with Crippen LogP contribution >= 0.6 is 11.6 Å². The molecule has 3 heteroatoms. The van der Waals surface area contributed by atoms with Crippen LogP contribution in [0.1, 0.15) is 29.7 Å². The van der Waals surface area contributed by atoms with E-state index in [9.17, 15) is 4.39 Å². The number of aryl methyl sites for hydroxylation is 1. The second-order valence-electron chi connectivity index (χ2n) is 4.92. The summed E-state index contributed by atoms with van der Waals surface area (Å²) in [6.45, 7) is 4.61. The van der Waals surface area contributed by atoms with Crippen molar-refractivity contribution in [1.29, 1.82) is 0 Å². The predicted octanol–water partition coefficient (Wildman–Crippen LogP) is 4.68. The highest BCUT2D eigenvalue weighted by atomic mass is 35.5. The predicted molar refractivity (Wildman–Crippen MR) is 82.7 cm³/mol. The van der Waals surface area contributed by atoms with Gasteiger partial charge < -0.3 is 5.32 Å². The lowest BCUT2D eigenvalue weighted by atomic mass is 9.97. The maximum atomic E-state index is 14.3. The number of benzene rings is 2. The monoisotopic (exact) mass is 291 g/mol. The van der Waals surface area contributed by atoms with Crippen LogP contribution in [-0.4, -0.2) is 6.54 Å². The van der Waals surface area contributed by atoms with E-state index in [4.69, 9.17) is 11.6 Å². The molecule has 0 fully saturated rings. The van der Waals surface area contributed by atoms with Crippen LogP contribution in [0.2, 0.25) is 5.02 Å². The van der Waals surface area contributed by atoms with Crippen molar-refractivity contribution in [2.75, 3.05) is 6.54 Å². The Morgan fingerprint density at radius 2 is 1.95 bits per heavy atom. The number of nitrogens with one attached hydrogen (secondary N) is 1. The molecule has 2 aromatic rings. The van der Waals surface area contributed by atoms with Gasteiger partial charge in [-0.05, 0) is 43.1 Å². The van der Waals surface area contributed by atoms with Gasteiger partial charge in [-0.15, -0.1) is 0 Å². The molecule has 0 aliphatic carbocycles. The van der Waals surface area contributed by atoms with Crippen LogP contribution in [0.4, 0.5) is 4.39 Å². The van der Waals surface area contributed by atoms with E-state index < -0.39 is 0 Å². The van der Waals surface area contributed by atoms with Crippen molar-refractivity contribution in [3.8, 4) is 0 Å². The molecule has 1 atom stereocenters. The fourth-order valence-electron chi connectivity index (χ4n) is 2.38. The molecule has 0 amide bonds. The molecular formula is C17H19ClFN. The number of hydrogen-bond acceptors (Lipinski definition) is 1. The van der Waals surface area contributed by atoms with Gasteiger partial charge >= 0.3 is 0 Å². The fraction of sp³-hybridized carbons (Fsp3) is 0.294. The average molecular weight is 292 g/mol. The summed E-state index contributed by atoms with van der Waals surface area (Å²) in [5.74, 6) is -0.125. The maximum absolute atomic E-state index is 14.3. The summed E-state index contributed by atoms with van der Waals surface area (Å²) < 4.78 is 14.3. The zero-order valence-electron chi connectivity index (χ0n) is 11.8. The van der Waals surface area contributed by atoms with Gasteiger partial charge in [-0.25, -0.2) is 4.39 Å². The Hall–Kier alpha value is -1.38. The minimum Gasteiger partial charge on any atom is -0.310 e. The van der Waals surface area contributed by atoms with Gasteiger partial charge in [0.1, 0.15) is 5.82 Å². The Labute approximate surface area is 124 Å². The summed E-state index contributed by atoms with van der Waals surface area (Å²) in [4.78, 5) is 0. The molecule has 0 aliphatic heterocycles. The van der Waals surface area contributed by atoms with Crippen LogP contribution in [0.25, 0.3) is 0 Å². The fourth-order valence-corrected chi connectivity index (χ4v) is 2.59. The van der Waals surface area contributed by atoms with Crippen molar-refractivity contribution in [2.24, 2.45) is 0 Å². The summed E-state index contributed by atoms with van der Waals surface area (Å²) >= 11 is 6.01. The first-order chi connectivity index (χ1) is 9.61. The summed E-state index contributed by atoms with van der Waals surface area (Å²) in [5, 5.41) is 4.06. The van der Waals surface area contributed by atoms with Crippen LogP contribution in [0.15, 0.2) is 42.5 Å². The molecule has 0 aromatic heterocycles. The summed E-state index contributed by atoms with van der Waals surface area (Å²) in [6.07, 6.45) is 0.717. The minimum absolute atomic E-state index is 0.0432. The Bertz CT molecular complexity index is 583. The molecule has 0 spiro atoms. The van der Waals surface area contributed by atoms with Gasteiger partial charge in [0, 0.05) is 16.6 Å². The van der Waals surface area contributed by atoms with Crippen molar-refractivity contribution in [3.05, 3.63) is 70.0 Å². The molecule has 0 saturated carbocycles. The molecule has 0 radical (unpaired) electrons. The molecule has 0 bridgehead atoms. The van der Waals surface area contributed by atoms with Gasteiger partial charge in [0.2, 0.25) is 0 Å². The first kappa shape index (κ1) is 15.0. The molecule has 2 aromatic carbocycles. The first-order valence-corrected chi connectivity index (χ1v) is 7.22. The van der Waals surface area contributed by atoms with Gasteiger partial charge in [-0.2, -0.15) is 0 Å². The number of rotatable bonds is 5. The molecule has 1 N–H and O–H groups in total. The average Bonchev–Trinajstić information content (AvgIpc) is 2.42. The lowest BCUT2D eigenvalue weighted by molar-refractivity contribution is 0.507. The van der Waals surface area contributed by atoms with E-state index in [2.05, 4.69) is 5.32 Å². The molecule has 20 heavy (non-hydrogen) atoms. The number of likely N-dealkylation sites (N-methyl/N-ethyl adjacent to an activating group) is 1. The van der Waals surface area contributed by atoms with E-state index in [1.54, 1.807) is 13.0 Å². The zero-order valence-corrected chi connectivity index (χ0v) is 12.5. The Kier molecular flexibility index (Phi) is 5.16. The highest BCUT2D eigenvalue weighted by Gasteiger charge is 2.16. The quantitative estimate of drug-likeness (QED) is 0.843. The van der Waals surface area contributed by atoms with Gasteiger partial charge in [0.15, 0.2) is 0 Å². The number of halogens is 2. The van der Waals surface area contributed by atoms with E-state index in [1.165, 1.54) is 0 Å². The van der Waals surface area contributed by atoms with Gasteiger partial charge in [0.25, 0.3) is 0 Å². The van der Waals surface area contributed by atoms with Crippen LogP contribution < -0.4 is 5.32 Å². The molecule has 0 heterocycles. The second kappa shape index (κ2) is 6.87. The maximum Gasteiger partial charge on any atom is 0.130 e. The molecule has 1 nitrogen and oxygen atoms in total. The third-order valence-corrected chi connectivity index (χ3v) is 3.61. The molecule has 1 unspecified atom stereocenters. The largest absolute Gasteiger partial charge is 0.310 e. The van der Waals surface area contributed by atoms with Gasteiger partial charge in [-0.1, -0.05) is 48.9 Å². The van der Waals surface area contributed by atoms with Crippen LogP contribution in [0.5, 0.6) is 0 Å². The Morgan fingerprint density at radius 1 is 1.20 bits per heavy atom. The third-order valence-electron chi connectivity index (χ3n) is 3.38. The summed E-state index contributed by atoms with van der Waals surface area (Å²) in [5.41, 5.74) is 2.49. The Morgan fingerprint density at radius 3 is 2.65 bits per heavy atom. The minimum atomic E-state index is -0.125. The van der Waals surface area contributed by atoms with Crippen molar-refractivity contribution in [3.63, 3.8) is 0 Å². The lowest BCUT2D eigenvalue weighted by Crippen LogP contribution is -2.24. The second-order valence-corrected chi connectivity index (χ2v) is 5.36. The first-order valence-electron chi connectivity index (χ1n) is 6.84. The molecule has 2 rings (SSSR count).